The van der Waals surface area contributed by atoms with Crippen molar-refractivity contribution in [3.63, 3.8) is 0 Å². The lowest BCUT2D eigenvalue weighted by Gasteiger charge is -2.08. The molecule has 4 aromatic rings. The molecule has 0 fully saturated rings. The molecule has 4 rings (SSSR count). The summed E-state index contributed by atoms with van der Waals surface area (Å²) < 4.78 is 2.07. The quantitative estimate of drug-likeness (QED) is 0.608. The predicted octanol–water partition coefficient (Wildman–Crippen LogP) is 4.45. The van der Waals surface area contributed by atoms with Crippen LogP contribution in [0.3, 0.4) is 0 Å². The molecule has 1 aromatic carbocycles. The number of benzene rings is 1. The fraction of sp³-hybridized carbons (Fsp3) is 0.0526. The van der Waals surface area contributed by atoms with Gasteiger partial charge in [0.25, 0.3) is 0 Å². The molecule has 0 aliphatic rings. The Labute approximate surface area is 134 Å². The first-order chi connectivity index (χ1) is 11.3. The topological polar surface area (TPSA) is 42.2 Å². The Bertz CT molecular complexity index is 943. The number of rotatable bonds is 3. The monoisotopic (exact) mass is 300 g/mol. The van der Waals surface area contributed by atoms with Gasteiger partial charge in [-0.25, -0.2) is 4.98 Å². The fourth-order valence-corrected chi connectivity index (χ4v) is 2.63. The van der Waals surface area contributed by atoms with Gasteiger partial charge in [-0.2, -0.15) is 0 Å². The highest BCUT2D eigenvalue weighted by atomic mass is 15.1. The zero-order valence-corrected chi connectivity index (χ0v) is 12.8. The van der Waals surface area contributed by atoms with E-state index in [1.807, 2.05) is 54.9 Å². The van der Waals surface area contributed by atoms with Crippen molar-refractivity contribution >= 4 is 17.2 Å². The second kappa shape index (κ2) is 5.57. The van der Waals surface area contributed by atoms with Crippen LogP contribution in [0.15, 0.2) is 73.2 Å². The molecular weight excluding hydrogens is 284 g/mol. The molecule has 0 bridgehead atoms. The molecule has 0 aliphatic heterocycles. The summed E-state index contributed by atoms with van der Waals surface area (Å²) in [4.78, 5) is 9.02. The van der Waals surface area contributed by atoms with Crippen molar-refractivity contribution in [1.82, 2.24) is 14.4 Å². The third-order valence-corrected chi connectivity index (χ3v) is 3.75. The molecule has 0 amide bonds. The number of aryl methyl sites for hydroxylation is 1. The fourth-order valence-electron chi connectivity index (χ4n) is 2.63. The Morgan fingerprint density at radius 1 is 1.00 bits per heavy atom. The maximum absolute atomic E-state index is 4.80. The zero-order chi connectivity index (χ0) is 15.6. The maximum atomic E-state index is 4.80. The second-order valence-electron chi connectivity index (χ2n) is 5.47. The second-order valence-corrected chi connectivity index (χ2v) is 5.47. The van der Waals surface area contributed by atoms with Gasteiger partial charge in [0.15, 0.2) is 0 Å². The van der Waals surface area contributed by atoms with Crippen LogP contribution >= 0.6 is 0 Å². The average molecular weight is 300 g/mol. The first kappa shape index (κ1) is 13.5. The van der Waals surface area contributed by atoms with Crippen LogP contribution in [0.5, 0.6) is 0 Å². The van der Waals surface area contributed by atoms with E-state index in [0.717, 1.165) is 28.4 Å². The smallest absolute Gasteiger partial charge is 0.143 e. The number of hydrogen-bond acceptors (Lipinski definition) is 3. The largest absolute Gasteiger partial charge is 0.339 e. The van der Waals surface area contributed by atoms with Crippen LogP contribution in [-0.4, -0.2) is 14.4 Å². The summed E-state index contributed by atoms with van der Waals surface area (Å²) in [7, 11) is 0. The number of anilines is 2. The van der Waals surface area contributed by atoms with E-state index in [1.165, 1.54) is 5.56 Å². The third kappa shape index (κ3) is 2.55. The minimum atomic E-state index is 0.896. The Morgan fingerprint density at radius 2 is 1.87 bits per heavy atom. The lowest BCUT2D eigenvalue weighted by molar-refractivity contribution is 1.17. The van der Waals surface area contributed by atoms with Gasteiger partial charge in [0.2, 0.25) is 0 Å². The van der Waals surface area contributed by atoms with Gasteiger partial charge in [0.1, 0.15) is 17.2 Å². The molecule has 4 heteroatoms. The minimum absolute atomic E-state index is 0.896. The van der Waals surface area contributed by atoms with E-state index in [4.69, 9.17) is 4.98 Å². The van der Waals surface area contributed by atoms with Gasteiger partial charge in [-0.1, -0.05) is 18.2 Å². The lowest BCUT2D eigenvalue weighted by atomic mass is 10.2. The third-order valence-electron chi connectivity index (χ3n) is 3.75. The molecule has 3 heterocycles. The van der Waals surface area contributed by atoms with Crippen LogP contribution in [0, 0.1) is 6.92 Å². The molecule has 0 aliphatic carbocycles. The van der Waals surface area contributed by atoms with E-state index in [2.05, 4.69) is 33.8 Å². The standard InChI is InChI=1S/C19H16N4/c1-14-9-11-23-17(12-14)22-18(15-6-5-10-20-13-15)19(23)21-16-7-3-2-4-8-16/h2-13,21H,1H3. The van der Waals surface area contributed by atoms with Gasteiger partial charge in [0, 0.05) is 29.8 Å². The molecule has 0 atom stereocenters. The van der Waals surface area contributed by atoms with Gasteiger partial charge < -0.3 is 5.32 Å². The highest BCUT2D eigenvalue weighted by Gasteiger charge is 2.14. The normalized spacial score (nSPS) is 10.8. The number of nitrogens with one attached hydrogen (secondary N) is 1. The van der Waals surface area contributed by atoms with Crippen molar-refractivity contribution in [3.8, 4) is 11.3 Å². The van der Waals surface area contributed by atoms with Gasteiger partial charge in [-0.05, 0) is 48.9 Å². The first-order valence-electron chi connectivity index (χ1n) is 7.52. The van der Waals surface area contributed by atoms with Crippen molar-refractivity contribution in [2.45, 2.75) is 6.92 Å². The molecule has 4 nitrogen and oxygen atoms in total. The number of hydrogen-bond donors (Lipinski definition) is 1. The van der Waals surface area contributed by atoms with Gasteiger partial charge in [-0.3, -0.25) is 9.38 Å². The van der Waals surface area contributed by atoms with E-state index in [9.17, 15) is 0 Å². The van der Waals surface area contributed by atoms with Crippen LogP contribution in [0.2, 0.25) is 0 Å². The van der Waals surface area contributed by atoms with Gasteiger partial charge in [-0.15, -0.1) is 0 Å². The molecular formula is C19H16N4. The molecule has 0 saturated carbocycles. The summed E-state index contributed by atoms with van der Waals surface area (Å²) >= 11 is 0. The summed E-state index contributed by atoms with van der Waals surface area (Å²) in [6.07, 6.45) is 5.65. The summed E-state index contributed by atoms with van der Waals surface area (Å²) in [6, 6.07) is 18.2. The van der Waals surface area contributed by atoms with E-state index < -0.39 is 0 Å². The van der Waals surface area contributed by atoms with Crippen LogP contribution in [0.1, 0.15) is 5.56 Å². The van der Waals surface area contributed by atoms with Crippen molar-refractivity contribution in [3.05, 3.63) is 78.8 Å². The van der Waals surface area contributed by atoms with Crippen LogP contribution in [0.4, 0.5) is 11.5 Å². The number of pyridine rings is 2. The summed E-state index contributed by atoms with van der Waals surface area (Å²) in [5, 5.41) is 3.49. The molecule has 112 valence electrons. The summed E-state index contributed by atoms with van der Waals surface area (Å²) in [5.74, 6) is 0.944. The average Bonchev–Trinajstić information content (AvgIpc) is 2.94. The maximum Gasteiger partial charge on any atom is 0.143 e. The SMILES string of the molecule is Cc1ccn2c(Nc3ccccc3)c(-c3cccnc3)nc2c1. The van der Waals surface area contributed by atoms with E-state index in [1.54, 1.807) is 6.20 Å². The van der Waals surface area contributed by atoms with E-state index in [0.29, 0.717) is 0 Å². The lowest BCUT2D eigenvalue weighted by Crippen LogP contribution is -1.97. The van der Waals surface area contributed by atoms with Crippen molar-refractivity contribution in [1.29, 1.82) is 0 Å². The molecule has 1 N–H and O–H groups in total. The molecule has 0 saturated heterocycles. The number of imidazole rings is 1. The zero-order valence-electron chi connectivity index (χ0n) is 12.8. The Morgan fingerprint density at radius 3 is 2.65 bits per heavy atom. The number of fused-ring (bicyclic) bond motifs is 1. The predicted molar refractivity (Wildman–Crippen MR) is 92.9 cm³/mol. The van der Waals surface area contributed by atoms with Gasteiger partial charge in [0.05, 0.1) is 0 Å². The van der Waals surface area contributed by atoms with Crippen molar-refractivity contribution < 1.29 is 0 Å². The number of aromatic nitrogens is 3. The Kier molecular flexibility index (Phi) is 3.27. The first-order valence-corrected chi connectivity index (χ1v) is 7.52. The molecule has 23 heavy (non-hydrogen) atoms. The highest BCUT2D eigenvalue weighted by molar-refractivity contribution is 5.79. The highest BCUT2D eigenvalue weighted by Crippen LogP contribution is 2.30. The van der Waals surface area contributed by atoms with Crippen molar-refractivity contribution in [2.75, 3.05) is 5.32 Å². The Hall–Kier alpha value is -3.14. The van der Waals surface area contributed by atoms with Crippen molar-refractivity contribution in [2.24, 2.45) is 0 Å². The summed E-state index contributed by atoms with van der Waals surface area (Å²) in [5.41, 5.74) is 5.02. The molecule has 0 unspecified atom stereocenters. The van der Waals surface area contributed by atoms with Crippen LogP contribution in [0.25, 0.3) is 16.9 Å². The van der Waals surface area contributed by atoms with Gasteiger partial charge >= 0.3 is 0 Å². The summed E-state index contributed by atoms with van der Waals surface area (Å²) in [6.45, 7) is 2.07. The number of para-hydroxylation sites is 1. The molecule has 3 aromatic heterocycles. The molecule has 0 radical (unpaired) electrons. The molecule has 0 spiro atoms. The van der Waals surface area contributed by atoms with E-state index >= 15 is 0 Å². The minimum Gasteiger partial charge on any atom is -0.339 e. The Balaban J connectivity index is 1.92. The number of nitrogens with zero attached hydrogens (tertiary/aromatic N) is 3. The van der Waals surface area contributed by atoms with Crippen LogP contribution < -0.4 is 5.32 Å². The van der Waals surface area contributed by atoms with E-state index in [-0.39, 0.29) is 0 Å². The van der Waals surface area contributed by atoms with Crippen LogP contribution in [-0.2, 0) is 0 Å².